The highest BCUT2D eigenvalue weighted by Gasteiger charge is 2.27. The van der Waals surface area contributed by atoms with Crippen LogP contribution in [0.1, 0.15) is 79.5 Å². The number of aromatic amines is 1. The Morgan fingerprint density at radius 3 is 2.74 bits per heavy atom. The van der Waals surface area contributed by atoms with Crippen molar-refractivity contribution in [3.05, 3.63) is 65.1 Å². The molecule has 10 heteroatoms. The van der Waals surface area contributed by atoms with Crippen LogP contribution in [0.5, 0.6) is 0 Å². The van der Waals surface area contributed by atoms with Gasteiger partial charge in [0.15, 0.2) is 11.5 Å². The van der Waals surface area contributed by atoms with Crippen LogP contribution >= 0.6 is 0 Å². The number of hydrogen-bond acceptors (Lipinski definition) is 7. The van der Waals surface area contributed by atoms with E-state index in [1.165, 1.54) is 5.56 Å². The lowest BCUT2D eigenvalue weighted by atomic mass is 9.94. The third-order valence-corrected chi connectivity index (χ3v) is 7.33. The van der Waals surface area contributed by atoms with Gasteiger partial charge in [0.05, 0.1) is 11.6 Å². The molecule has 1 aliphatic rings. The first-order valence-corrected chi connectivity index (χ1v) is 13.3. The topological polar surface area (TPSA) is 127 Å². The molecule has 4 heterocycles. The molecule has 0 saturated heterocycles. The van der Waals surface area contributed by atoms with Gasteiger partial charge in [-0.05, 0) is 55.0 Å². The smallest absolute Gasteiger partial charge is 0.309 e. The highest BCUT2D eigenvalue weighted by Crippen LogP contribution is 2.35. The Morgan fingerprint density at radius 2 is 2.00 bits per heavy atom. The van der Waals surface area contributed by atoms with Gasteiger partial charge in [-0.2, -0.15) is 5.10 Å². The number of carbonyl (C=O) groups is 1. The number of amides is 1. The second kappa shape index (κ2) is 9.44. The second-order valence-electron chi connectivity index (χ2n) is 11.3. The number of benzene rings is 1. The summed E-state index contributed by atoms with van der Waals surface area (Å²) in [6, 6.07) is 10.3. The maximum atomic E-state index is 13.0. The minimum absolute atomic E-state index is 0.000307. The minimum Gasteiger partial charge on any atom is -0.416 e. The zero-order chi connectivity index (χ0) is 27.3. The van der Waals surface area contributed by atoms with E-state index in [9.17, 15) is 4.79 Å². The van der Waals surface area contributed by atoms with Crippen molar-refractivity contribution in [2.45, 2.75) is 64.8 Å². The normalized spacial score (nSPS) is 15.8. The van der Waals surface area contributed by atoms with E-state index >= 15 is 0 Å². The Balaban J connectivity index is 1.31. The maximum Gasteiger partial charge on any atom is 0.309 e. The molecule has 1 atom stereocenters. The number of H-pyrrole nitrogens is 1. The summed E-state index contributed by atoms with van der Waals surface area (Å²) in [5.41, 5.74) is 7.50. The summed E-state index contributed by atoms with van der Waals surface area (Å²) in [5, 5.41) is 15.8. The number of nitrogens with one attached hydrogen (secondary N) is 2. The molecular formula is C29H32N8O2. The number of fused-ring (bicyclic) bond motifs is 2. The quantitative estimate of drug-likeness (QED) is 0.309. The number of hydrogen-bond donors (Lipinski definition) is 2. The van der Waals surface area contributed by atoms with Crippen LogP contribution in [-0.2, 0) is 18.9 Å². The van der Waals surface area contributed by atoms with E-state index in [0.717, 1.165) is 59.3 Å². The van der Waals surface area contributed by atoms with E-state index in [1.54, 1.807) is 6.20 Å². The third-order valence-electron chi connectivity index (χ3n) is 7.33. The van der Waals surface area contributed by atoms with Gasteiger partial charge in [-0.25, -0.2) is 9.97 Å². The molecule has 1 aliphatic carbocycles. The summed E-state index contributed by atoms with van der Waals surface area (Å²) in [6.45, 7) is 7.93. The van der Waals surface area contributed by atoms with Gasteiger partial charge >= 0.3 is 11.8 Å². The summed E-state index contributed by atoms with van der Waals surface area (Å²) >= 11 is 0. The first kappa shape index (κ1) is 25.0. The first-order chi connectivity index (χ1) is 18.7. The van der Waals surface area contributed by atoms with Gasteiger partial charge in [0, 0.05) is 29.9 Å². The molecule has 0 bridgehead atoms. The molecule has 0 aliphatic heterocycles. The zero-order valence-corrected chi connectivity index (χ0v) is 22.9. The van der Waals surface area contributed by atoms with Crippen LogP contribution in [0.2, 0.25) is 0 Å². The molecule has 2 N–H and O–H groups in total. The summed E-state index contributed by atoms with van der Waals surface area (Å²) in [6.07, 6.45) is 5.65. The molecule has 0 fully saturated rings. The number of pyridine rings is 1. The lowest BCUT2D eigenvalue weighted by Gasteiger charge is -2.19. The van der Waals surface area contributed by atoms with Gasteiger partial charge in [-0.1, -0.05) is 45.4 Å². The SMILES string of the molecule is Cc1cc(-c2nc3nccc(-c4ccc5c(c4)CCCCC5NC(=O)c4nnc(C(C)(C)C)o4)c3[nH]2)nn1C. The van der Waals surface area contributed by atoms with Crippen molar-refractivity contribution in [3.63, 3.8) is 0 Å². The van der Waals surface area contributed by atoms with Gasteiger partial charge in [-0.15, -0.1) is 10.2 Å². The molecule has 1 amide bonds. The van der Waals surface area contributed by atoms with Crippen molar-refractivity contribution in [1.29, 1.82) is 0 Å². The second-order valence-corrected chi connectivity index (χ2v) is 11.3. The molecule has 39 heavy (non-hydrogen) atoms. The summed E-state index contributed by atoms with van der Waals surface area (Å²) in [7, 11) is 1.92. The van der Waals surface area contributed by atoms with Gasteiger partial charge in [0.2, 0.25) is 5.89 Å². The van der Waals surface area contributed by atoms with Gasteiger partial charge in [0.25, 0.3) is 0 Å². The Morgan fingerprint density at radius 1 is 1.15 bits per heavy atom. The van der Waals surface area contributed by atoms with E-state index in [-0.39, 0.29) is 23.3 Å². The highest BCUT2D eigenvalue weighted by atomic mass is 16.4. The number of aromatic nitrogens is 7. The van der Waals surface area contributed by atoms with Crippen LogP contribution < -0.4 is 5.32 Å². The predicted molar refractivity (Wildman–Crippen MR) is 147 cm³/mol. The van der Waals surface area contributed by atoms with E-state index in [2.05, 4.69) is 48.8 Å². The van der Waals surface area contributed by atoms with Crippen LogP contribution in [0.25, 0.3) is 33.8 Å². The molecule has 10 nitrogen and oxygen atoms in total. The van der Waals surface area contributed by atoms with E-state index in [4.69, 9.17) is 9.40 Å². The average molecular weight is 525 g/mol. The van der Waals surface area contributed by atoms with Crippen molar-refractivity contribution in [2.75, 3.05) is 0 Å². The fourth-order valence-corrected chi connectivity index (χ4v) is 5.09. The molecule has 200 valence electrons. The molecule has 1 aromatic carbocycles. The lowest BCUT2D eigenvalue weighted by Crippen LogP contribution is -2.29. The molecule has 0 saturated carbocycles. The number of carbonyl (C=O) groups excluding carboxylic acids is 1. The van der Waals surface area contributed by atoms with Crippen molar-refractivity contribution in [2.24, 2.45) is 7.05 Å². The van der Waals surface area contributed by atoms with Crippen molar-refractivity contribution in [3.8, 4) is 22.6 Å². The Labute approximate surface area is 226 Å². The number of aryl methyl sites for hydroxylation is 3. The first-order valence-electron chi connectivity index (χ1n) is 13.3. The van der Waals surface area contributed by atoms with Crippen LogP contribution in [0, 0.1) is 6.92 Å². The van der Waals surface area contributed by atoms with E-state index in [1.807, 2.05) is 51.6 Å². The summed E-state index contributed by atoms with van der Waals surface area (Å²) in [5.74, 6) is 0.800. The van der Waals surface area contributed by atoms with E-state index in [0.29, 0.717) is 17.4 Å². The Bertz CT molecular complexity index is 1670. The number of nitrogens with zero attached hydrogens (tertiary/aromatic N) is 6. The predicted octanol–water partition coefficient (Wildman–Crippen LogP) is 5.21. The maximum absolute atomic E-state index is 13.0. The third kappa shape index (κ3) is 4.71. The van der Waals surface area contributed by atoms with Crippen LogP contribution in [0.3, 0.4) is 0 Å². The fraction of sp³-hybridized carbons (Fsp3) is 0.379. The van der Waals surface area contributed by atoms with Gasteiger partial charge in [0.1, 0.15) is 5.69 Å². The van der Waals surface area contributed by atoms with Crippen molar-refractivity contribution >= 4 is 17.1 Å². The highest BCUT2D eigenvalue weighted by molar-refractivity contribution is 5.92. The summed E-state index contributed by atoms with van der Waals surface area (Å²) < 4.78 is 7.51. The van der Waals surface area contributed by atoms with Crippen LogP contribution in [-0.4, -0.2) is 40.8 Å². The summed E-state index contributed by atoms with van der Waals surface area (Å²) in [4.78, 5) is 25.7. The average Bonchev–Trinajstić information content (AvgIpc) is 3.61. The molecule has 1 unspecified atom stereocenters. The van der Waals surface area contributed by atoms with Gasteiger partial charge in [-0.3, -0.25) is 9.48 Å². The fourth-order valence-electron chi connectivity index (χ4n) is 5.09. The monoisotopic (exact) mass is 524 g/mol. The Hall–Kier alpha value is -4.34. The zero-order valence-electron chi connectivity index (χ0n) is 22.9. The minimum atomic E-state index is -0.342. The molecule has 0 spiro atoms. The number of rotatable bonds is 4. The van der Waals surface area contributed by atoms with Crippen molar-refractivity contribution < 1.29 is 9.21 Å². The lowest BCUT2D eigenvalue weighted by molar-refractivity contribution is 0.0896. The number of imidazole rings is 1. The largest absolute Gasteiger partial charge is 0.416 e. The van der Waals surface area contributed by atoms with Gasteiger partial charge < -0.3 is 14.7 Å². The van der Waals surface area contributed by atoms with Crippen LogP contribution in [0.15, 0.2) is 40.9 Å². The molecule has 5 aromatic rings. The molecule has 0 radical (unpaired) electrons. The van der Waals surface area contributed by atoms with E-state index < -0.39 is 0 Å². The molecule has 4 aromatic heterocycles. The Kier molecular flexibility index (Phi) is 6.05. The standard InChI is InChI=1S/C29H32N8O2/c1-16-14-22(36-37(16)5)24-32-23-20(12-13-30-25(23)33-24)18-10-11-19-17(15-18)8-6-7-9-21(19)31-26(38)27-34-35-28(39-27)29(2,3)4/h10-15,21H,6-9H2,1-5H3,(H,31,38)(H,30,32,33). The molecule has 6 rings (SSSR count). The van der Waals surface area contributed by atoms with Crippen LogP contribution in [0.4, 0.5) is 0 Å². The van der Waals surface area contributed by atoms with Crippen molar-refractivity contribution in [1.82, 2.24) is 40.2 Å². The molecular weight excluding hydrogens is 492 g/mol.